The quantitative estimate of drug-likeness (QED) is 0.792. The van der Waals surface area contributed by atoms with E-state index in [-0.39, 0.29) is 18.7 Å². The first-order valence-corrected chi connectivity index (χ1v) is 7.32. The van der Waals surface area contributed by atoms with E-state index in [0.29, 0.717) is 6.54 Å². The Morgan fingerprint density at radius 3 is 2.65 bits per heavy atom. The van der Waals surface area contributed by atoms with Gasteiger partial charge in [0.1, 0.15) is 0 Å². The first-order chi connectivity index (χ1) is 9.70. The molecular weight excluding hydrogens is 272 g/mol. The van der Waals surface area contributed by atoms with Gasteiger partial charge in [0.05, 0.1) is 19.2 Å². The highest BCUT2D eigenvalue weighted by Gasteiger charge is 2.13. The molecular formula is C15H18N2O2S. The molecule has 106 valence electrons. The highest BCUT2D eigenvalue weighted by Crippen LogP contribution is 2.15. The molecule has 20 heavy (non-hydrogen) atoms. The van der Waals surface area contributed by atoms with Crippen molar-refractivity contribution in [2.24, 2.45) is 0 Å². The van der Waals surface area contributed by atoms with Gasteiger partial charge in [0, 0.05) is 4.88 Å². The van der Waals surface area contributed by atoms with Crippen molar-refractivity contribution in [3.63, 3.8) is 0 Å². The smallest absolute Gasteiger partial charge is 0.315 e. The molecule has 2 aromatic rings. The summed E-state index contributed by atoms with van der Waals surface area (Å²) < 4.78 is 0. The SMILES string of the molecule is Cc1ccsc1CNC(=O)NC(CO)c1ccccc1. The van der Waals surface area contributed by atoms with Gasteiger partial charge in [-0.15, -0.1) is 11.3 Å². The maximum atomic E-state index is 11.9. The van der Waals surface area contributed by atoms with Crippen LogP contribution in [0, 0.1) is 6.92 Å². The van der Waals surface area contributed by atoms with Crippen LogP contribution in [-0.4, -0.2) is 17.7 Å². The second-order valence-electron chi connectivity index (χ2n) is 4.50. The molecule has 0 spiro atoms. The average molecular weight is 290 g/mol. The van der Waals surface area contributed by atoms with Crippen LogP contribution in [-0.2, 0) is 6.54 Å². The zero-order chi connectivity index (χ0) is 14.4. The van der Waals surface area contributed by atoms with Crippen molar-refractivity contribution in [1.82, 2.24) is 10.6 Å². The molecule has 1 unspecified atom stereocenters. The monoisotopic (exact) mass is 290 g/mol. The molecule has 3 N–H and O–H groups in total. The highest BCUT2D eigenvalue weighted by molar-refractivity contribution is 7.10. The Hall–Kier alpha value is -1.85. The molecule has 1 heterocycles. The molecule has 1 aromatic heterocycles. The maximum absolute atomic E-state index is 11.9. The van der Waals surface area contributed by atoms with E-state index >= 15 is 0 Å². The minimum Gasteiger partial charge on any atom is -0.394 e. The fourth-order valence-corrected chi connectivity index (χ4v) is 2.72. The first-order valence-electron chi connectivity index (χ1n) is 6.44. The fourth-order valence-electron chi connectivity index (χ4n) is 1.87. The van der Waals surface area contributed by atoms with Crippen molar-refractivity contribution in [1.29, 1.82) is 0 Å². The van der Waals surface area contributed by atoms with E-state index < -0.39 is 0 Å². The van der Waals surface area contributed by atoms with Gasteiger partial charge in [0.15, 0.2) is 0 Å². The van der Waals surface area contributed by atoms with Crippen LogP contribution in [0.3, 0.4) is 0 Å². The number of carbonyl (C=O) groups excluding carboxylic acids is 1. The molecule has 4 nitrogen and oxygen atoms in total. The van der Waals surface area contributed by atoms with E-state index in [1.807, 2.05) is 48.7 Å². The van der Waals surface area contributed by atoms with Crippen molar-refractivity contribution in [2.75, 3.05) is 6.61 Å². The van der Waals surface area contributed by atoms with Crippen LogP contribution in [0.25, 0.3) is 0 Å². The molecule has 1 aromatic carbocycles. The number of thiophene rings is 1. The third-order valence-corrected chi connectivity index (χ3v) is 4.09. The lowest BCUT2D eigenvalue weighted by Gasteiger charge is -2.17. The van der Waals surface area contributed by atoms with Crippen LogP contribution >= 0.6 is 11.3 Å². The number of benzene rings is 1. The van der Waals surface area contributed by atoms with Crippen molar-refractivity contribution < 1.29 is 9.90 Å². The van der Waals surface area contributed by atoms with Crippen molar-refractivity contribution in [3.05, 3.63) is 57.8 Å². The van der Waals surface area contributed by atoms with E-state index in [9.17, 15) is 9.90 Å². The molecule has 5 heteroatoms. The van der Waals surface area contributed by atoms with Crippen LogP contribution in [0.5, 0.6) is 0 Å². The summed E-state index contributed by atoms with van der Waals surface area (Å²) in [5.74, 6) is 0. The Morgan fingerprint density at radius 1 is 1.30 bits per heavy atom. The molecule has 0 fully saturated rings. The lowest BCUT2D eigenvalue weighted by atomic mass is 10.1. The summed E-state index contributed by atoms with van der Waals surface area (Å²) in [4.78, 5) is 13.0. The van der Waals surface area contributed by atoms with Gasteiger partial charge in [0.25, 0.3) is 0 Å². The Morgan fingerprint density at radius 2 is 2.05 bits per heavy atom. The maximum Gasteiger partial charge on any atom is 0.315 e. The third kappa shape index (κ3) is 3.82. The number of aryl methyl sites for hydroxylation is 1. The van der Waals surface area contributed by atoms with Gasteiger partial charge in [-0.1, -0.05) is 30.3 Å². The Labute approximate surface area is 122 Å². The number of hydrogen-bond donors (Lipinski definition) is 3. The summed E-state index contributed by atoms with van der Waals surface area (Å²) in [6.07, 6.45) is 0. The summed E-state index contributed by atoms with van der Waals surface area (Å²) in [6, 6.07) is 10.8. The van der Waals surface area contributed by atoms with E-state index in [2.05, 4.69) is 10.6 Å². The zero-order valence-electron chi connectivity index (χ0n) is 11.3. The molecule has 0 aliphatic carbocycles. The van der Waals surface area contributed by atoms with Crippen LogP contribution in [0.1, 0.15) is 22.0 Å². The minimum absolute atomic E-state index is 0.130. The first kappa shape index (κ1) is 14.6. The summed E-state index contributed by atoms with van der Waals surface area (Å²) in [5.41, 5.74) is 2.06. The van der Waals surface area contributed by atoms with Crippen molar-refractivity contribution in [2.45, 2.75) is 19.5 Å². The molecule has 0 bridgehead atoms. The van der Waals surface area contributed by atoms with Crippen LogP contribution in [0.2, 0.25) is 0 Å². The predicted octanol–water partition coefficient (Wildman–Crippen LogP) is 2.59. The molecule has 0 aliphatic rings. The van der Waals surface area contributed by atoms with Gasteiger partial charge in [-0.05, 0) is 29.5 Å². The lowest BCUT2D eigenvalue weighted by Crippen LogP contribution is -2.38. The van der Waals surface area contributed by atoms with Gasteiger partial charge >= 0.3 is 6.03 Å². The molecule has 0 aliphatic heterocycles. The number of aliphatic hydroxyl groups is 1. The summed E-state index contributed by atoms with van der Waals surface area (Å²) >= 11 is 1.62. The molecule has 0 radical (unpaired) electrons. The lowest BCUT2D eigenvalue weighted by molar-refractivity contribution is 0.216. The van der Waals surface area contributed by atoms with E-state index in [1.165, 1.54) is 5.56 Å². The third-order valence-electron chi connectivity index (χ3n) is 3.07. The zero-order valence-corrected chi connectivity index (χ0v) is 12.1. The standard InChI is InChI=1S/C15H18N2O2S/c1-11-7-8-20-14(11)9-16-15(19)17-13(10-18)12-5-3-2-4-6-12/h2-8,13,18H,9-10H2,1H3,(H2,16,17,19). The normalized spacial score (nSPS) is 11.9. The van der Waals surface area contributed by atoms with Crippen molar-refractivity contribution in [3.8, 4) is 0 Å². The van der Waals surface area contributed by atoms with Gasteiger partial charge in [0.2, 0.25) is 0 Å². The Kier molecular flexibility index (Phi) is 5.15. The molecule has 2 amide bonds. The largest absolute Gasteiger partial charge is 0.394 e. The average Bonchev–Trinajstić information content (AvgIpc) is 2.89. The van der Waals surface area contributed by atoms with Gasteiger partial charge in [-0.2, -0.15) is 0 Å². The Bertz CT molecular complexity index is 554. The topological polar surface area (TPSA) is 61.4 Å². The Balaban J connectivity index is 1.88. The number of rotatable bonds is 5. The molecule has 0 saturated carbocycles. The summed E-state index contributed by atoms with van der Waals surface area (Å²) in [5, 5.41) is 17.0. The number of aliphatic hydroxyl groups excluding tert-OH is 1. The molecule has 0 saturated heterocycles. The number of urea groups is 1. The fraction of sp³-hybridized carbons (Fsp3) is 0.267. The van der Waals surface area contributed by atoms with Crippen LogP contribution in [0.15, 0.2) is 41.8 Å². The summed E-state index contributed by atoms with van der Waals surface area (Å²) in [6.45, 7) is 2.39. The number of nitrogens with one attached hydrogen (secondary N) is 2. The van der Waals surface area contributed by atoms with Gasteiger partial charge in [-0.25, -0.2) is 4.79 Å². The predicted molar refractivity (Wildman–Crippen MR) is 80.7 cm³/mol. The van der Waals surface area contributed by atoms with E-state index in [1.54, 1.807) is 11.3 Å². The van der Waals surface area contributed by atoms with E-state index in [0.717, 1.165) is 10.4 Å². The summed E-state index contributed by atoms with van der Waals surface area (Å²) in [7, 11) is 0. The van der Waals surface area contributed by atoms with Gasteiger partial charge < -0.3 is 15.7 Å². The van der Waals surface area contributed by atoms with Gasteiger partial charge in [-0.3, -0.25) is 0 Å². The van der Waals surface area contributed by atoms with Crippen LogP contribution < -0.4 is 10.6 Å². The van der Waals surface area contributed by atoms with Crippen LogP contribution in [0.4, 0.5) is 4.79 Å². The van der Waals surface area contributed by atoms with Crippen molar-refractivity contribution >= 4 is 17.4 Å². The minimum atomic E-state index is -0.388. The number of amides is 2. The second kappa shape index (κ2) is 7.07. The second-order valence-corrected chi connectivity index (χ2v) is 5.50. The molecule has 1 atom stereocenters. The molecule has 2 rings (SSSR count). The highest BCUT2D eigenvalue weighted by atomic mass is 32.1. The van der Waals surface area contributed by atoms with E-state index in [4.69, 9.17) is 0 Å². The number of carbonyl (C=O) groups is 1. The number of hydrogen-bond acceptors (Lipinski definition) is 3.